The van der Waals surface area contributed by atoms with Gasteiger partial charge in [-0.25, -0.2) is 4.79 Å². The summed E-state index contributed by atoms with van der Waals surface area (Å²) < 4.78 is 31.4. The molecule has 0 aromatic carbocycles. The molecule has 0 aliphatic rings. The van der Waals surface area contributed by atoms with Crippen LogP contribution in [0.2, 0.25) is 0 Å². The van der Waals surface area contributed by atoms with Crippen LogP contribution in [0.3, 0.4) is 0 Å². The van der Waals surface area contributed by atoms with Crippen LogP contribution < -0.4 is 27.0 Å². The molecule has 0 saturated heterocycles. The lowest BCUT2D eigenvalue weighted by Crippen LogP contribution is -2.41. The predicted octanol–water partition coefficient (Wildman–Crippen LogP) is 2.38. The van der Waals surface area contributed by atoms with E-state index in [1.807, 2.05) is 0 Å². The molecule has 20 heteroatoms. The number of carbonyl (C=O) groups is 7. The molecule has 0 rings (SSSR count). The first kappa shape index (κ1) is 59.0. The standard InChI is InChI=1S/C43H79N5O15/c44-37(49)33-61-30-27-59-25-22-46-40(52)35-63-32-29-60-26-23-47-41(53)34-62-31-28-58-24-21-45-38(50)20-19-36(43(56)57)48-39(51)17-15-13-11-9-7-5-3-1-2-4-6-8-10-12-14-16-18-42(54)55/h36H,1-35H2,(H2,44,49)(H,45,50)(H,46,52)(H,47,53)(H,48,51)(H,54,55)(H,56,57)/t36-/m0/s1. The number of carbonyl (C=O) groups excluding carboxylic acids is 5. The SMILES string of the molecule is NC(=O)COCCOCCNC(=O)COCCOCCNC(=O)COCCOCCNC(=O)CC[C@H](NC(=O)CCCCCCCCCCCCCCCCCCC(=O)O)C(=O)O. The Labute approximate surface area is 373 Å². The third-order valence-electron chi connectivity index (χ3n) is 9.37. The minimum atomic E-state index is -1.18. The Bertz CT molecular complexity index is 1210. The molecule has 0 radical (unpaired) electrons. The minimum Gasteiger partial charge on any atom is -0.481 e. The van der Waals surface area contributed by atoms with Gasteiger partial charge in [-0.1, -0.05) is 89.9 Å². The summed E-state index contributed by atoms with van der Waals surface area (Å²) in [6, 6.07) is -1.14. The normalized spacial score (nSPS) is 11.5. The average molecular weight is 906 g/mol. The number of hydrogen-bond donors (Lipinski definition) is 7. The smallest absolute Gasteiger partial charge is 0.326 e. The Hall–Kier alpha value is -3.95. The van der Waals surface area contributed by atoms with E-state index in [0.717, 1.165) is 38.5 Å². The topological polar surface area (TPSA) is 289 Å². The van der Waals surface area contributed by atoms with Crippen LogP contribution in [0.15, 0.2) is 0 Å². The molecule has 0 fully saturated rings. The Balaban J connectivity index is 3.61. The molecular weight excluding hydrogens is 826 g/mol. The van der Waals surface area contributed by atoms with Crippen LogP contribution in [0, 0.1) is 0 Å². The molecule has 0 aromatic heterocycles. The highest BCUT2D eigenvalue weighted by atomic mass is 16.5. The van der Waals surface area contributed by atoms with Crippen LogP contribution in [0.4, 0.5) is 0 Å². The Morgan fingerprint density at radius 1 is 0.397 bits per heavy atom. The van der Waals surface area contributed by atoms with Crippen LogP contribution in [0.25, 0.3) is 0 Å². The lowest BCUT2D eigenvalue weighted by molar-refractivity contribution is -0.142. The van der Waals surface area contributed by atoms with Gasteiger partial charge in [-0.15, -0.1) is 0 Å². The van der Waals surface area contributed by atoms with E-state index in [-0.39, 0.29) is 142 Å². The number of nitrogens with two attached hydrogens (primary N) is 1. The van der Waals surface area contributed by atoms with Crippen molar-refractivity contribution in [2.75, 3.05) is 98.9 Å². The van der Waals surface area contributed by atoms with Gasteiger partial charge in [0, 0.05) is 38.9 Å². The molecule has 0 bridgehead atoms. The number of amides is 5. The summed E-state index contributed by atoms with van der Waals surface area (Å²) >= 11 is 0. The molecule has 0 aliphatic heterocycles. The quantitative estimate of drug-likeness (QED) is 0.0432. The van der Waals surface area contributed by atoms with E-state index >= 15 is 0 Å². The molecule has 0 aliphatic carbocycles. The summed E-state index contributed by atoms with van der Waals surface area (Å²) in [6.45, 7) is 2.30. The molecular formula is C43H79N5O15. The fourth-order valence-electron chi connectivity index (χ4n) is 5.98. The fourth-order valence-corrected chi connectivity index (χ4v) is 5.98. The number of carboxylic acid groups (broad SMARTS) is 2. The molecule has 0 heterocycles. The zero-order valence-corrected chi connectivity index (χ0v) is 37.6. The van der Waals surface area contributed by atoms with Crippen molar-refractivity contribution < 1.29 is 72.2 Å². The number of carboxylic acids is 2. The van der Waals surface area contributed by atoms with Gasteiger partial charge >= 0.3 is 11.9 Å². The molecule has 5 amide bonds. The summed E-state index contributed by atoms with van der Waals surface area (Å²) in [5, 5.41) is 28.6. The third kappa shape index (κ3) is 45.9. The fraction of sp³-hybridized carbons (Fsp3) is 0.837. The van der Waals surface area contributed by atoms with E-state index in [2.05, 4.69) is 21.3 Å². The maximum atomic E-state index is 12.3. The lowest BCUT2D eigenvalue weighted by Gasteiger charge is -2.14. The number of hydrogen-bond acceptors (Lipinski definition) is 13. The first-order chi connectivity index (χ1) is 30.5. The van der Waals surface area contributed by atoms with Crippen molar-refractivity contribution in [2.24, 2.45) is 5.73 Å². The zero-order valence-electron chi connectivity index (χ0n) is 37.6. The van der Waals surface area contributed by atoms with Gasteiger partial charge in [0.05, 0.1) is 59.5 Å². The molecule has 1 atom stereocenters. The molecule has 0 aromatic rings. The van der Waals surface area contributed by atoms with Crippen molar-refractivity contribution in [3.05, 3.63) is 0 Å². The first-order valence-corrected chi connectivity index (χ1v) is 22.8. The highest BCUT2D eigenvalue weighted by Gasteiger charge is 2.20. The number of primary amides is 1. The number of nitrogens with one attached hydrogen (secondary N) is 4. The van der Waals surface area contributed by atoms with Gasteiger partial charge in [0.15, 0.2) is 0 Å². The van der Waals surface area contributed by atoms with Crippen molar-refractivity contribution in [3.8, 4) is 0 Å². The molecule has 0 spiro atoms. The van der Waals surface area contributed by atoms with Crippen molar-refractivity contribution in [1.29, 1.82) is 0 Å². The molecule has 366 valence electrons. The monoisotopic (exact) mass is 906 g/mol. The summed E-state index contributed by atoms with van der Waals surface area (Å²) in [6.07, 6.45) is 18.2. The summed E-state index contributed by atoms with van der Waals surface area (Å²) in [4.78, 5) is 80.9. The molecule has 20 nitrogen and oxygen atoms in total. The number of ether oxygens (including phenoxy) is 6. The molecule has 0 unspecified atom stereocenters. The predicted molar refractivity (Wildman–Crippen MR) is 233 cm³/mol. The third-order valence-corrected chi connectivity index (χ3v) is 9.37. The van der Waals surface area contributed by atoms with Crippen LogP contribution in [-0.2, 0) is 62.0 Å². The Morgan fingerprint density at radius 3 is 1.13 bits per heavy atom. The Kier molecular flexibility index (Phi) is 41.9. The number of unbranched alkanes of at least 4 members (excludes halogenated alkanes) is 15. The lowest BCUT2D eigenvalue weighted by atomic mass is 10.0. The summed E-state index contributed by atoms with van der Waals surface area (Å²) in [5.74, 6) is -3.76. The molecule has 8 N–H and O–H groups in total. The van der Waals surface area contributed by atoms with E-state index in [4.69, 9.17) is 39.3 Å². The van der Waals surface area contributed by atoms with Crippen LogP contribution in [0.1, 0.15) is 128 Å². The maximum absolute atomic E-state index is 12.3. The zero-order chi connectivity index (χ0) is 46.4. The minimum absolute atomic E-state index is 0.0277. The second-order valence-electron chi connectivity index (χ2n) is 15.1. The molecule has 0 saturated carbocycles. The van der Waals surface area contributed by atoms with E-state index in [1.165, 1.54) is 57.8 Å². The van der Waals surface area contributed by atoms with Gasteiger partial charge in [0.1, 0.15) is 25.9 Å². The van der Waals surface area contributed by atoms with E-state index in [0.29, 0.717) is 13.0 Å². The highest BCUT2D eigenvalue weighted by molar-refractivity contribution is 5.84. The van der Waals surface area contributed by atoms with Crippen LogP contribution in [-0.4, -0.2) is 157 Å². The van der Waals surface area contributed by atoms with Crippen molar-refractivity contribution in [2.45, 2.75) is 134 Å². The largest absolute Gasteiger partial charge is 0.481 e. The van der Waals surface area contributed by atoms with Crippen molar-refractivity contribution >= 4 is 41.5 Å². The number of rotatable bonds is 48. The van der Waals surface area contributed by atoms with Gasteiger partial charge in [-0.2, -0.15) is 0 Å². The van der Waals surface area contributed by atoms with Gasteiger partial charge < -0.3 is 65.6 Å². The van der Waals surface area contributed by atoms with Gasteiger partial charge in [0.25, 0.3) is 0 Å². The van der Waals surface area contributed by atoms with Gasteiger partial charge in [-0.3, -0.25) is 28.8 Å². The van der Waals surface area contributed by atoms with Crippen molar-refractivity contribution in [1.82, 2.24) is 21.3 Å². The van der Waals surface area contributed by atoms with Crippen LogP contribution >= 0.6 is 0 Å². The van der Waals surface area contributed by atoms with Crippen molar-refractivity contribution in [3.63, 3.8) is 0 Å². The van der Waals surface area contributed by atoms with E-state index in [9.17, 15) is 38.7 Å². The second-order valence-corrected chi connectivity index (χ2v) is 15.1. The van der Waals surface area contributed by atoms with E-state index < -0.39 is 23.9 Å². The van der Waals surface area contributed by atoms with Gasteiger partial charge in [-0.05, 0) is 19.3 Å². The Morgan fingerprint density at radius 2 is 0.746 bits per heavy atom. The van der Waals surface area contributed by atoms with Gasteiger partial charge in [0.2, 0.25) is 29.5 Å². The molecule has 63 heavy (non-hydrogen) atoms. The highest BCUT2D eigenvalue weighted by Crippen LogP contribution is 2.14. The summed E-state index contributed by atoms with van der Waals surface area (Å²) in [7, 11) is 0. The van der Waals surface area contributed by atoms with Crippen LogP contribution in [0.5, 0.6) is 0 Å². The number of aliphatic carboxylic acids is 2. The van der Waals surface area contributed by atoms with E-state index in [1.54, 1.807) is 0 Å². The maximum Gasteiger partial charge on any atom is 0.326 e. The second kappa shape index (κ2) is 44.6. The summed E-state index contributed by atoms with van der Waals surface area (Å²) in [5.41, 5.74) is 4.94. The average Bonchev–Trinajstić information content (AvgIpc) is 3.24. The first-order valence-electron chi connectivity index (χ1n) is 22.8.